The highest BCUT2D eigenvalue weighted by molar-refractivity contribution is 6.00. The SMILES string of the molecule is O=C(NCc1ccccn1)c1ncc2cccnc2c1O. The summed E-state index contributed by atoms with van der Waals surface area (Å²) in [7, 11) is 0. The Kier molecular flexibility index (Phi) is 3.42. The van der Waals surface area contributed by atoms with E-state index in [1.165, 1.54) is 6.20 Å². The normalized spacial score (nSPS) is 10.5. The highest BCUT2D eigenvalue weighted by Gasteiger charge is 2.16. The van der Waals surface area contributed by atoms with Crippen LogP contribution in [0.25, 0.3) is 10.9 Å². The van der Waals surface area contributed by atoms with E-state index in [0.29, 0.717) is 10.9 Å². The van der Waals surface area contributed by atoms with Crippen molar-refractivity contribution in [2.24, 2.45) is 0 Å². The molecule has 6 nitrogen and oxygen atoms in total. The fraction of sp³-hybridized carbons (Fsp3) is 0.0667. The first kappa shape index (κ1) is 13.0. The fourth-order valence-electron chi connectivity index (χ4n) is 1.95. The Hall–Kier alpha value is -3.02. The second kappa shape index (κ2) is 5.54. The Balaban J connectivity index is 1.83. The molecule has 0 radical (unpaired) electrons. The van der Waals surface area contributed by atoms with Crippen molar-refractivity contribution in [3.63, 3.8) is 0 Å². The van der Waals surface area contributed by atoms with Gasteiger partial charge in [-0.1, -0.05) is 6.07 Å². The van der Waals surface area contributed by atoms with Crippen molar-refractivity contribution in [1.29, 1.82) is 0 Å². The lowest BCUT2D eigenvalue weighted by atomic mass is 10.2. The monoisotopic (exact) mass is 280 g/mol. The Labute approximate surface area is 120 Å². The van der Waals surface area contributed by atoms with E-state index in [9.17, 15) is 9.90 Å². The minimum Gasteiger partial charge on any atom is -0.504 e. The molecule has 0 aliphatic carbocycles. The average molecular weight is 280 g/mol. The molecule has 0 aliphatic heterocycles. The number of aromatic hydroxyl groups is 1. The van der Waals surface area contributed by atoms with Crippen LogP contribution in [0.1, 0.15) is 16.2 Å². The molecule has 0 aliphatic rings. The number of hydrogen-bond donors (Lipinski definition) is 2. The second-order valence-electron chi connectivity index (χ2n) is 4.40. The van der Waals surface area contributed by atoms with Gasteiger partial charge in [0.25, 0.3) is 5.91 Å². The number of rotatable bonds is 3. The topological polar surface area (TPSA) is 88.0 Å². The van der Waals surface area contributed by atoms with Crippen molar-refractivity contribution in [2.45, 2.75) is 6.54 Å². The summed E-state index contributed by atoms with van der Waals surface area (Å²) in [6, 6.07) is 8.95. The van der Waals surface area contributed by atoms with Crippen molar-refractivity contribution >= 4 is 16.8 Å². The van der Waals surface area contributed by atoms with Gasteiger partial charge in [0.15, 0.2) is 11.4 Å². The third kappa shape index (κ3) is 2.64. The maximum absolute atomic E-state index is 12.1. The largest absolute Gasteiger partial charge is 0.504 e. The lowest BCUT2D eigenvalue weighted by molar-refractivity contribution is 0.0942. The molecule has 3 aromatic heterocycles. The number of carbonyl (C=O) groups is 1. The molecule has 3 heterocycles. The van der Waals surface area contributed by atoms with Gasteiger partial charge in [-0.25, -0.2) is 4.98 Å². The summed E-state index contributed by atoms with van der Waals surface area (Å²) >= 11 is 0. The summed E-state index contributed by atoms with van der Waals surface area (Å²) in [5, 5.41) is 13.5. The van der Waals surface area contributed by atoms with Gasteiger partial charge in [0.2, 0.25) is 0 Å². The first-order valence-electron chi connectivity index (χ1n) is 6.36. The molecule has 0 atom stereocenters. The predicted molar refractivity (Wildman–Crippen MR) is 76.6 cm³/mol. The van der Waals surface area contributed by atoms with Gasteiger partial charge in [-0.2, -0.15) is 0 Å². The maximum Gasteiger partial charge on any atom is 0.274 e. The summed E-state index contributed by atoms with van der Waals surface area (Å²) in [5.74, 6) is -0.683. The van der Waals surface area contributed by atoms with Crippen LogP contribution >= 0.6 is 0 Å². The van der Waals surface area contributed by atoms with Gasteiger partial charge in [0.1, 0.15) is 5.52 Å². The molecular weight excluding hydrogens is 268 g/mol. The van der Waals surface area contributed by atoms with E-state index in [1.807, 2.05) is 6.07 Å². The summed E-state index contributed by atoms with van der Waals surface area (Å²) in [6.45, 7) is 0.265. The molecule has 6 heteroatoms. The average Bonchev–Trinajstić information content (AvgIpc) is 2.54. The Morgan fingerprint density at radius 3 is 2.76 bits per heavy atom. The number of aromatic nitrogens is 3. The van der Waals surface area contributed by atoms with Gasteiger partial charge in [0.05, 0.1) is 12.2 Å². The Morgan fingerprint density at radius 1 is 1.10 bits per heavy atom. The molecule has 0 saturated heterocycles. The quantitative estimate of drug-likeness (QED) is 0.761. The number of nitrogens with zero attached hydrogens (tertiary/aromatic N) is 3. The summed E-state index contributed by atoms with van der Waals surface area (Å²) in [4.78, 5) is 24.3. The van der Waals surface area contributed by atoms with Crippen LogP contribution in [-0.2, 0) is 6.54 Å². The molecule has 0 spiro atoms. The van der Waals surface area contributed by atoms with Crippen LogP contribution in [0, 0.1) is 0 Å². The first-order valence-corrected chi connectivity index (χ1v) is 6.36. The van der Waals surface area contributed by atoms with Crippen LogP contribution in [-0.4, -0.2) is 26.0 Å². The van der Waals surface area contributed by atoms with Crippen LogP contribution in [0.15, 0.2) is 48.9 Å². The van der Waals surface area contributed by atoms with E-state index >= 15 is 0 Å². The maximum atomic E-state index is 12.1. The van der Waals surface area contributed by atoms with E-state index in [0.717, 1.165) is 5.69 Å². The van der Waals surface area contributed by atoms with Crippen LogP contribution in [0.3, 0.4) is 0 Å². The van der Waals surface area contributed by atoms with Crippen LogP contribution in [0.5, 0.6) is 5.75 Å². The zero-order valence-electron chi connectivity index (χ0n) is 11.0. The third-order valence-corrected chi connectivity index (χ3v) is 2.99. The Bertz CT molecular complexity index is 790. The molecule has 3 rings (SSSR count). The Morgan fingerprint density at radius 2 is 1.95 bits per heavy atom. The summed E-state index contributed by atoms with van der Waals surface area (Å²) in [6.07, 6.45) is 4.71. The van der Waals surface area contributed by atoms with Crippen molar-refractivity contribution in [1.82, 2.24) is 20.3 Å². The highest BCUT2D eigenvalue weighted by atomic mass is 16.3. The lowest BCUT2D eigenvalue weighted by Crippen LogP contribution is -2.24. The van der Waals surface area contributed by atoms with E-state index < -0.39 is 5.91 Å². The molecule has 3 aromatic rings. The standard InChI is InChI=1S/C15H12N4O2/c20-14-12-10(4-3-7-17-12)8-18-13(14)15(21)19-9-11-5-1-2-6-16-11/h1-8,20H,9H2,(H,19,21). The minimum atomic E-state index is -0.467. The number of fused-ring (bicyclic) bond motifs is 1. The van der Waals surface area contributed by atoms with Gasteiger partial charge in [-0.05, 0) is 24.3 Å². The van der Waals surface area contributed by atoms with E-state index in [1.54, 1.807) is 36.7 Å². The van der Waals surface area contributed by atoms with Gasteiger partial charge in [-0.3, -0.25) is 14.8 Å². The molecule has 0 unspecified atom stereocenters. The minimum absolute atomic E-state index is 0.0443. The number of pyridine rings is 3. The summed E-state index contributed by atoms with van der Waals surface area (Å²) < 4.78 is 0. The second-order valence-corrected chi connectivity index (χ2v) is 4.40. The van der Waals surface area contributed by atoms with Gasteiger partial charge < -0.3 is 10.4 Å². The van der Waals surface area contributed by atoms with Crippen molar-refractivity contribution in [3.8, 4) is 5.75 Å². The van der Waals surface area contributed by atoms with Gasteiger partial charge >= 0.3 is 0 Å². The molecule has 0 fully saturated rings. The van der Waals surface area contributed by atoms with Crippen LogP contribution < -0.4 is 5.32 Å². The predicted octanol–water partition coefficient (Wildman–Crippen LogP) is 1.66. The highest BCUT2D eigenvalue weighted by Crippen LogP contribution is 2.24. The molecule has 0 saturated carbocycles. The fourth-order valence-corrected chi connectivity index (χ4v) is 1.95. The number of amides is 1. The smallest absolute Gasteiger partial charge is 0.274 e. The molecule has 21 heavy (non-hydrogen) atoms. The number of nitrogens with one attached hydrogen (secondary N) is 1. The van der Waals surface area contributed by atoms with E-state index in [2.05, 4.69) is 20.3 Å². The van der Waals surface area contributed by atoms with Crippen molar-refractivity contribution < 1.29 is 9.90 Å². The lowest BCUT2D eigenvalue weighted by Gasteiger charge is -2.07. The molecule has 0 aromatic carbocycles. The zero-order valence-corrected chi connectivity index (χ0v) is 11.0. The van der Waals surface area contributed by atoms with Crippen LogP contribution in [0.4, 0.5) is 0 Å². The molecular formula is C15H12N4O2. The number of hydrogen-bond acceptors (Lipinski definition) is 5. The van der Waals surface area contributed by atoms with Gasteiger partial charge in [-0.15, -0.1) is 0 Å². The van der Waals surface area contributed by atoms with Crippen LogP contribution in [0.2, 0.25) is 0 Å². The number of carbonyl (C=O) groups excluding carboxylic acids is 1. The zero-order chi connectivity index (χ0) is 14.7. The van der Waals surface area contributed by atoms with Crippen molar-refractivity contribution in [3.05, 3.63) is 60.3 Å². The third-order valence-electron chi connectivity index (χ3n) is 2.99. The van der Waals surface area contributed by atoms with Gasteiger partial charge in [0, 0.05) is 24.0 Å². The molecule has 1 amide bonds. The molecule has 0 bridgehead atoms. The first-order chi connectivity index (χ1) is 10.3. The molecule has 2 N–H and O–H groups in total. The molecule has 104 valence electrons. The van der Waals surface area contributed by atoms with E-state index in [4.69, 9.17) is 0 Å². The van der Waals surface area contributed by atoms with Crippen molar-refractivity contribution in [2.75, 3.05) is 0 Å². The van der Waals surface area contributed by atoms with E-state index in [-0.39, 0.29) is 18.0 Å². The summed E-state index contributed by atoms with van der Waals surface area (Å²) in [5.41, 5.74) is 1.04.